The standard InChI is InChI=1S/C33H34ClN3O6S/c1-35-33(39)30(21-24-9-5-4-6-10-24)36(22-25-13-15-26(34)16-14-25)32(38)23-37(29-11-7-8-12-31(29)43-3)44(40,41)28-19-17-27(42-2)18-20-28/h4-20,30H,21-23H2,1-3H3,(H,35,39). The molecule has 0 bridgehead atoms. The third kappa shape index (κ3) is 7.69. The van der Waals surface area contributed by atoms with Crippen LogP contribution in [0.1, 0.15) is 11.1 Å². The smallest absolute Gasteiger partial charge is 0.264 e. The van der Waals surface area contributed by atoms with Crippen LogP contribution in [-0.2, 0) is 32.6 Å². The Balaban J connectivity index is 1.81. The number of amides is 2. The first-order valence-electron chi connectivity index (χ1n) is 13.8. The van der Waals surface area contributed by atoms with Gasteiger partial charge >= 0.3 is 0 Å². The quantitative estimate of drug-likeness (QED) is 0.223. The maximum atomic E-state index is 14.4. The Kier molecular flexibility index (Phi) is 10.9. The molecule has 0 saturated heterocycles. The van der Waals surface area contributed by atoms with Crippen LogP contribution in [-0.4, -0.2) is 59.0 Å². The maximum absolute atomic E-state index is 14.4. The van der Waals surface area contributed by atoms with Gasteiger partial charge in [-0.25, -0.2) is 8.42 Å². The number of rotatable bonds is 13. The van der Waals surface area contributed by atoms with Gasteiger partial charge in [0.05, 0.1) is 24.8 Å². The van der Waals surface area contributed by atoms with Crippen LogP contribution in [0.25, 0.3) is 0 Å². The van der Waals surface area contributed by atoms with Crippen molar-refractivity contribution in [2.45, 2.75) is 23.9 Å². The van der Waals surface area contributed by atoms with Gasteiger partial charge in [0.2, 0.25) is 11.8 Å². The van der Waals surface area contributed by atoms with E-state index in [0.717, 1.165) is 9.87 Å². The number of carbonyl (C=O) groups excluding carboxylic acids is 2. The van der Waals surface area contributed by atoms with E-state index in [4.69, 9.17) is 21.1 Å². The summed E-state index contributed by atoms with van der Waals surface area (Å²) >= 11 is 6.11. The molecule has 44 heavy (non-hydrogen) atoms. The Bertz CT molecular complexity index is 1670. The number of anilines is 1. The topological polar surface area (TPSA) is 105 Å². The van der Waals surface area contributed by atoms with Crippen LogP contribution >= 0.6 is 11.6 Å². The number of carbonyl (C=O) groups is 2. The maximum Gasteiger partial charge on any atom is 0.264 e. The normalized spacial score (nSPS) is 11.7. The van der Waals surface area contributed by atoms with Gasteiger partial charge in [-0.1, -0.05) is 66.2 Å². The summed E-state index contributed by atoms with van der Waals surface area (Å²) < 4.78 is 40.0. The molecule has 2 amide bonds. The number of halogens is 1. The highest BCUT2D eigenvalue weighted by molar-refractivity contribution is 7.92. The van der Waals surface area contributed by atoms with Gasteiger partial charge in [-0.3, -0.25) is 13.9 Å². The summed E-state index contributed by atoms with van der Waals surface area (Å²) in [5, 5.41) is 3.19. The summed E-state index contributed by atoms with van der Waals surface area (Å²) in [5.74, 6) is -0.244. The molecule has 0 aliphatic carbocycles. The molecule has 0 spiro atoms. The molecule has 11 heteroatoms. The van der Waals surface area contributed by atoms with Gasteiger partial charge in [-0.2, -0.15) is 0 Å². The zero-order valence-corrected chi connectivity index (χ0v) is 26.2. The largest absolute Gasteiger partial charge is 0.497 e. The van der Waals surface area contributed by atoms with E-state index in [-0.39, 0.29) is 29.3 Å². The van der Waals surface area contributed by atoms with E-state index < -0.39 is 34.4 Å². The van der Waals surface area contributed by atoms with E-state index >= 15 is 0 Å². The summed E-state index contributed by atoms with van der Waals surface area (Å²) in [5.41, 5.74) is 1.72. The summed E-state index contributed by atoms with van der Waals surface area (Å²) in [6.45, 7) is -0.576. The number of nitrogens with zero attached hydrogens (tertiary/aromatic N) is 2. The fraction of sp³-hybridized carbons (Fsp3) is 0.212. The molecule has 0 saturated carbocycles. The predicted octanol–water partition coefficient (Wildman–Crippen LogP) is 4.94. The van der Waals surface area contributed by atoms with Gasteiger partial charge in [0.25, 0.3) is 10.0 Å². The van der Waals surface area contributed by atoms with Gasteiger partial charge in [0.1, 0.15) is 24.1 Å². The molecule has 0 aliphatic rings. The average molecular weight is 636 g/mol. The summed E-state index contributed by atoms with van der Waals surface area (Å²) in [4.78, 5) is 29.1. The predicted molar refractivity (Wildman–Crippen MR) is 171 cm³/mol. The molecule has 4 rings (SSSR count). The van der Waals surface area contributed by atoms with Crippen molar-refractivity contribution in [3.63, 3.8) is 0 Å². The van der Waals surface area contributed by atoms with E-state index in [1.165, 1.54) is 50.4 Å². The lowest BCUT2D eigenvalue weighted by Gasteiger charge is -2.34. The molecule has 1 atom stereocenters. The Labute approximate surface area is 263 Å². The van der Waals surface area contributed by atoms with E-state index in [1.807, 2.05) is 30.3 Å². The van der Waals surface area contributed by atoms with Gasteiger partial charge < -0.3 is 19.7 Å². The molecule has 0 heterocycles. The summed E-state index contributed by atoms with van der Waals surface area (Å²) in [7, 11) is 0.110. The molecule has 1 unspecified atom stereocenters. The minimum Gasteiger partial charge on any atom is -0.497 e. The number of hydrogen-bond donors (Lipinski definition) is 1. The van der Waals surface area contributed by atoms with Crippen LogP contribution in [0, 0.1) is 0 Å². The van der Waals surface area contributed by atoms with Crippen molar-refractivity contribution >= 4 is 39.1 Å². The van der Waals surface area contributed by atoms with Crippen molar-refractivity contribution in [2.75, 3.05) is 32.1 Å². The van der Waals surface area contributed by atoms with E-state index in [0.29, 0.717) is 16.3 Å². The van der Waals surface area contributed by atoms with Crippen molar-refractivity contribution in [2.24, 2.45) is 0 Å². The van der Waals surface area contributed by atoms with Gasteiger partial charge in [0, 0.05) is 25.0 Å². The van der Waals surface area contributed by atoms with Crippen molar-refractivity contribution in [1.82, 2.24) is 10.2 Å². The number of methoxy groups -OCH3 is 2. The second kappa shape index (κ2) is 14.8. The van der Waals surface area contributed by atoms with Crippen molar-refractivity contribution in [3.05, 3.63) is 119 Å². The number of benzene rings is 4. The molecular formula is C33H34ClN3O6S. The number of sulfonamides is 1. The molecule has 9 nitrogen and oxygen atoms in total. The van der Waals surface area contributed by atoms with E-state index in [9.17, 15) is 18.0 Å². The monoisotopic (exact) mass is 635 g/mol. The lowest BCUT2D eigenvalue weighted by molar-refractivity contribution is -0.139. The Morgan fingerprint density at radius 3 is 2.07 bits per heavy atom. The Morgan fingerprint density at radius 2 is 1.45 bits per heavy atom. The molecule has 230 valence electrons. The lowest BCUT2D eigenvalue weighted by atomic mass is 10.0. The first-order valence-corrected chi connectivity index (χ1v) is 15.6. The number of nitrogens with one attached hydrogen (secondary N) is 1. The second-order valence-corrected chi connectivity index (χ2v) is 12.1. The molecular weight excluding hydrogens is 602 g/mol. The minimum absolute atomic E-state index is 0.0310. The first-order chi connectivity index (χ1) is 21.2. The van der Waals surface area contributed by atoms with Crippen molar-refractivity contribution in [3.8, 4) is 11.5 Å². The molecule has 4 aromatic rings. The van der Waals surface area contributed by atoms with Crippen molar-refractivity contribution in [1.29, 1.82) is 0 Å². The number of likely N-dealkylation sites (N-methyl/N-ethyl adjacent to an activating group) is 1. The summed E-state index contributed by atoms with van der Waals surface area (Å²) in [6.07, 6.45) is 0.208. The average Bonchev–Trinajstić information content (AvgIpc) is 3.06. The lowest BCUT2D eigenvalue weighted by Crippen LogP contribution is -2.53. The number of ether oxygens (including phenoxy) is 2. The van der Waals surface area contributed by atoms with Crippen molar-refractivity contribution < 1.29 is 27.5 Å². The molecule has 0 fully saturated rings. The minimum atomic E-state index is -4.30. The number of hydrogen-bond acceptors (Lipinski definition) is 6. The van der Waals surface area contributed by atoms with Gasteiger partial charge in [-0.15, -0.1) is 0 Å². The Morgan fingerprint density at radius 1 is 0.818 bits per heavy atom. The number of para-hydroxylation sites is 2. The van der Waals surface area contributed by atoms with Crippen LogP contribution in [0.4, 0.5) is 5.69 Å². The molecule has 1 N–H and O–H groups in total. The van der Waals surface area contributed by atoms with Crippen LogP contribution < -0.4 is 19.1 Å². The van der Waals surface area contributed by atoms with Crippen LogP contribution in [0.15, 0.2) is 108 Å². The molecule has 0 radical (unpaired) electrons. The molecule has 0 aliphatic heterocycles. The zero-order chi connectivity index (χ0) is 31.7. The van der Waals surface area contributed by atoms with Crippen LogP contribution in [0.5, 0.6) is 11.5 Å². The fourth-order valence-electron chi connectivity index (χ4n) is 4.73. The highest BCUT2D eigenvalue weighted by atomic mass is 35.5. The van der Waals surface area contributed by atoms with Gasteiger partial charge in [0.15, 0.2) is 0 Å². The van der Waals surface area contributed by atoms with Crippen LogP contribution in [0.3, 0.4) is 0 Å². The highest BCUT2D eigenvalue weighted by Crippen LogP contribution is 2.33. The zero-order valence-electron chi connectivity index (χ0n) is 24.6. The Hall–Kier alpha value is -4.54. The third-order valence-electron chi connectivity index (χ3n) is 7.06. The first kappa shape index (κ1) is 32.4. The fourth-order valence-corrected chi connectivity index (χ4v) is 6.28. The van der Waals surface area contributed by atoms with Crippen LogP contribution in [0.2, 0.25) is 5.02 Å². The van der Waals surface area contributed by atoms with E-state index in [2.05, 4.69) is 5.32 Å². The second-order valence-electron chi connectivity index (χ2n) is 9.83. The van der Waals surface area contributed by atoms with E-state index in [1.54, 1.807) is 48.5 Å². The molecule has 0 aromatic heterocycles. The highest BCUT2D eigenvalue weighted by Gasteiger charge is 2.35. The molecule has 4 aromatic carbocycles. The summed E-state index contributed by atoms with van der Waals surface area (Å²) in [6, 6.07) is 27.7. The third-order valence-corrected chi connectivity index (χ3v) is 9.09. The SMILES string of the molecule is CNC(=O)C(Cc1ccccc1)N(Cc1ccc(Cl)cc1)C(=O)CN(c1ccccc1OC)S(=O)(=O)c1ccc(OC)cc1. The van der Waals surface area contributed by atoms with Gasteiger partial charge in [-0.05, 0) is 59.7 Å².